The van der Waals surface area contributed by atoms with Gasteiger partial charge in [-0.2, -0.15) is 0 Å². The molecule has 0 aromatic carbocycles. The van der Waals surface area contributed by atoms with Crippen molar-refractivity contribution in [3.05, 3.63) is 134 Å². The van der Waals surface area contributed by atoms with Gasteiger partial charge in [-0.25, -0.2) is 0 Å². The molecule has 0 aromatic rings. The van der Waals surface area contributed by atoms with E-state index < -0.39 is 6.10 Å². The number of carbonyl (C=O) groups is 3. The molecule has 1 unspecified atom stereocenters. The molecular formula is C54H82O6. The minimum Gasteiger partial charge on any atom is -0.462 e. The van der Waals surface area contributed by atoms with Crippen molar-refractivity contribution in [3.8, 4) is 0 Å². The monoisotopic (exact) mass is 827 g/mol. The number of hydrogen-bond acceptors (Lipinski definition) is 6. The summed E-state index contributed by atoms with van der Waals surface area (Å²) < 4.78 is 16.6. The van der Waals surface area contributed by atoms with Gasteiger partial charge in [0, 0.05) is 19.3 Å². The van der Waals surface area contributed by atoms with Crippen LogP contribution in [-0.4, -0.2) is 37.2 Å². The molecule has 334 valence electrons. The van der Waals surface area contributed by atoms with Gasteiger partial charge < -0.3 is 14.2 Å². The van der Waals surface area contributed by atoms with Gasteiger partial charge >= 0.3 is 17.9 Å². The van der Waals surface area contributed by atoms with E-state index in [0.29, 0.717) is 19.3 Å². The highest BCUT2D eigenvalue weighted by Crippen LogP contribution is 2.11. The van der Waals surface area contributed by atoms with Gasteiger partial charge in [-0.3, -0.25) is 14.4 Å². The predicted molar refractivity (Wildman–Crippen MR) is 256 cm³/mol. The zero-order valence-electron chi connectivity index (χ0n) is 37.9. The first-order valence-electron chi connectivity index (χ1n) is 23.3. The summed E-state index contributed by atoms with van der Waals surface area (Å²) in [7, 11) is 0. The predicted octanol–water partition coefficient (Wildman–Crippen LogP) is 15.1. The van der Waals surface area contributed by atoms with Crippen LogP contribution in [0.1, 0.15) is 168 Å². The molecule has 0 radical (unpaired) electrons. The highest BCUT2D eigenvalue weighted by atomic mass is 16.6. The first-order chi connectivity index (χ1) is 29.5. The number of unbranched alkanes of at least 4 members (excludes halogenated alkanes) is 10. The molecule has 0 spiro atoms. The Hall–Kier alpha value is -4.45. The summed E-state index contributed by atoms with van der Waals surface area (Å²) in [6, 6.07) is 0. The number of rotatable bonds is 39. The van der Waals surface area contributed by atoms with E-state index in [1.165, 1.54) is 6.42 Å². The van der Waals surface area contributed by atoms with E-state index in [1.54, 1.807) is 0 Å². The summed E-state index contributed by atoms with van der Waals surface area (Å²) in [6.45, 7) is 6.18. The Morgan fingerprint density at radius 1 is 0.367 bits per heavy atom. The third kappa shape index (κ3) is 44.6. The minimum absolute atomic E-state index is 0.125. The van der Waals surface area contributed by atoms with Crippen molar-refractivity contribution in [1.29, 1.82) is 0 Å². The second kappa shape index (κ2) is 47.2. The van der Waals surface area contributed by atoms with E-state index in [2.05, 4.69) is 118 Å². The molecule has 0 saturated heterocycles. The fourth-order valence-corrected chi connectivity index (χ4v) is 5.56. The van der Waals surface area contributed by atoms with Crippen molar-refractivity contribution in [2.24, 2.45) is 0 Å². The zero-order valence-corrected chi connectivity index (χ0v) is 37.9. The van der Waals surface area contributed by atoms with Gasteiger partial charge in [-0.1, -0.05) is 180 Å². The number of esters is 3. The van der Waals surface area contributed by atoms with Crippen LogP contribution in [0.3, 0.4) is 0 Å². The smallest absolute Gasteiger partial charge is 0.306 e. The van der Waals surface area contributed by atoms with Gasteiger partial charge in [0.2, 0.25) is 0 Å². The topological polar surface area (TPSA) is 78.9 Å². The van der Waals surface area contributed by atoms with Gasteiger partial charge in [-0.15, -0.1) is 0 Å². The lowest BCUT2D eigenvalue weighted by molar-refractivity contribution is -0.167. The molecule has 6 heteroatoms. The van der Waals surface area contributed by atoms with Gasteiger partial charge in [0.15, 0.2) is 6.10 Å². The third-order valence-corrected chi connectivity index (χ3v) is 8.98. The van der Waals surface area contributed by atoms with Crippen molar-refractivity contribution in [2.75, 3.05) is 13.2 Å². The van der Waals surface area contributed by atoms with Crippen LogP contribution in [0.25, 0.3) is 0 Å². The maximum Gasteiger partial charge on any atom is 0.306 e. The number of carbonyl (C=O) groups excluding carboxylic acids is 3. The molecule has 6 nitrogen and oxygen atoms in total. The van der Waals surface area contributed by atoms with Crippen LogP contribution in [-0.2, 0) is 28.6 Å². The zero-order chi connectivity index (χ0) is 43.7. The van der Waals surface area contributed by atoms with Crippen molar-refractivity contribution in [3.63, 3.8) is 0 Å². The van der Waals surface area contributed by atoms with Crippen molar-refractivity contribution in [2.45, 2.75) is 175 Å². The molecule has 0 N–H and O–H groups in total. The van der Waals surface area contributed by atoms with Crippen LogP contribution >= 0.6 is 0 Å². The Kier molecular flexibility index (Phi) is 43.7. The molecule has 0 rings (SSSR count). The maximum absolute atomic E-state index is 12.7. The van der Waals surface area contributed by atoms with E-state index in [0.717, 1.165) is 109 Å². The summed E-state index contributed by atoms with van der Waals surface area (Å²) in [4.78, 5) is 37.8. The lowest BCUT2D eigenvalue weighted by Crippen LogP contribution is -2.30. The second-order valence-electron chi connectivity index (χ2n) is 14.7. The number of hydrogen-bond donors (Lipinski definition) is 0. The van der Waals surface area contributed by atoms with Gasteiger partial charge in [0.05, 0.1) is 0 Å². The first kappa shape index (κ1) is 55.5. The first-order valence-corrected chi connectivity index (χ1v) is 23.3. The lowest BCUT2D eigenvalue weighted by Gasteiger charge is -2.18. The highest BCUT2D eigenvalue weighted by Gasteiger charge is 2.19. The molecule has 0 saturated carbocycles. The third-order valence-electron chi connectivity index (χ3n) is 8.98. The fourth-order valence-electron chi connectivity index (χ4n) is 5.56. The second-order valence-corrected chi connectivity index (χ2v) is 14.7. The molecule has 0 heterocycles. The van der Waals surface area contributed by atoms with Crippen LogP contribution in [0.15, 0.2) is 134 Å². The summed E-state index contributed by atoms with van der Waals surface area (Å²) in [6.07, 6.45) is 65.8. The molecular weight excluding hydrogens is 745 g/mol. The Morgan fingerprint density at radius 2 is 0.717 bits per heavy atom. The molecule has 0 aliphatic heterocycles. The molecule has 0 aliphatic carbocycles. The molecule has 0 amide bonds. The molecule has 0 aromatic heterocycles. The molecule has 60 heavy (non-hydrogen) atoms. The van der Waals surface area contributed by atoms with Gasteiger partial charge in [0.1, 0.15) is 13.2 Å². The van der Waals surface area contributed by atoms with Gasteiger partial charge in [0.25, 0.3) is 0 Å². The van der Waals surface area contributed by atoms with Crippen molar-refractivity contribution >= 4 is 17.9 Å². The summed E-state index contributed by atoms with van der Waals surface area (Å²) in [5, 5.41) is 0. The van der Waals surface area contributed by atoms with E-state index in [-0.39, 0.29) is 44.0 Å². The summed E-state index contributed by atoms with van der Waals surface area (Å²) >= 11 is 0. The van der Waals surface area contributed by atoms with E-state index in [4.69, 9.17) is 14.2 Å². The Balaban J connectivity index is 4.55. The minimum atomic E-state index is -0.828. The van der Waals surface area contributed by atoms with Crippen LogP contribution in [0.4, 0.5) is 0 Å². The normalized spacial score (nSPS) is 13.3. The summed E-state index contributed by atoms with van der Waals surface area (Å²) in [5.41, 5.74) is 0. The van der Waals surface area contributed by atoms with E-state index in [9.17, 15) is 14.4 Å². The highest BCUT2D eigenvalue weighted by molar-refractivity contribution is 5.71. The Bertz CT molecular complexity index is 1370. The van der Waals surface area contributed by atoms with Crippen LogP contribution in [0, 0.1) is 0 Å². The lowest BCUT2D eigenvalue weighted by atomic mass is 10.1. The van der Waals surface area contributed by atoms with Crippen LogP contribution in [0.2, 0.25) is 0 Å². The van der Waals surface area contributed by atoms with Crippen LogP contribution in [0.5, 0.6) is 0 Å². The van der Waals surface area contributed by atoms with Gasteiger partial charge in [-0.05, 0) is 103 Å². The van der Waals surface area contributed by atoms with Crippen molar-refractivity contribution < 1.29 is 28.6 Å². The fraction of sp³-hybridized carbons (Fsp3) is 0.537. The quantitative estimate of drug-likeness (QED) is 0.0202. The Morgan fingerprint density at radius 3 is 1.20 bits per heavy atom. The van der Waals surface area contributed by atoms with Crippen molar-refractivity contribution in [1.82, 2.24) is 0 Å². The number of ether oxygens (including phenoxy) is 3. The SMILES string of the molecule is CC/C=C\C/C=C\C/C=C\CCCCC(=O)OCC(COC(=O)CCCCCCC\C=C/C=C\C=C/C=C\C=C/CCC)OC(=O)CCCC/C=C\C/C=C\C/C=C\CC. The number of allylic oxidation sites excluding steroid dienone is 22. The van der Waals surface area contributed by atoms with E-state index >= 15 is 0 Å². The van der Waals surface area contributed by atoms with Crippen LogP contribution < -0.4 is 0 Å². The standard InChI is InChI=1S/C54H82O6/c1-4-7-10-13-16-19-22-25-26-27-28-29-30-33-35-38-41-44-47-53(56)59-50-51(60-54(57)48-45-42-39-36-32-24-21-18-15-12-9-6-3)49-58-52(55)46-43-40-37-34-31-23-20-17-14-11-8-5-2/h8-13,16-22,25-29,31-32,34,36,51H,4-7,14-15,23-24,30,33,35,37-50H2,1-3H3/b11-8-,12-9-,13-10-,19-16-,20-17-,21-18-,25-22-,27-26-,29-28-,34-31-,36-32-. The molecule has 1 atom stereocenters. The molecule has 0 aliphatic rings. The van der Waals surface area contributed by atoms with E-state index in [1.807, 2.05) is 36.5 Å². The summed E-state index contributed by atoms with van der Waals surface area (Å²) in [5.74, 6) is -1.04. The molecule has 0 bridgehead atoms. The Labute approximate surface area is 366 Å². The average Bonchev–Trinajstić information content (AvgIpc) is 3.24. The average molecular weight is 827 g/mol. The molecule has 0 fully saturated rings. The maximum atomic E-state index is 12.7. The largest absolute Gasteiger partial charge is 0.462 e.